The van der Waals surface area contributed by atoms with Crippen molar-refractivity contribution in [2.45, 2.75) is 57.3 Å². The molecule has 0 aliphatic rings. The van der Waals surface area contributed by atoms with Gasteiger partial charge in [-0.15, -0.1) is 11.8 Å². The van der Waals surface area contributed by atoms with E-state index < -0.39 is 0 Å². The number of rotatable bonds is 10. The highest BCUT2D eigenvalue weighted by Crippen LogP contribution is 2.29. The first-order chi connectivity index (χ1) is 9.83. The molecule has 0 N–H and O–H groups in total. The van der Waals surface area contributed by atoms with Crippen LogP contribution in [-0.2, 0) is 0 Å². The molecular formula is C17H25NOS. The molecule has 0 saturated heterocycles. The fourth-order valence-electron chi connectivity index (χ4n) is 2.08. The first-order valence-corrected chi connectivity index (χ1v) is 8.60. The Morgan fingerprint density at radius 2 is 1.85 bits per heavy atom. The summed E-state index contributed by atoms with van der Waals surface area (Å²) in [4.78, 5) is 1.02. The Labute approximate surface area is 127 Å². The minimum absolute atomic E-state index is 0.685. The zero-order valence-corrected chi connectivity index (χ0v) is 13.5. The third kappa shape index (κ3) is 5.88. The molecule has 1 aromatic rings. The summed E-state index contributed by atoms with van der Waals surface area (Å²) in [5, 5.41) is 9.28. The Balaban J connectivity index is 2.40. The summed E-state index contributed by atoms with van der Waals surface area (Å²) in [7, 11) is 0. The standard InChI is InChI=1S/C17H25NOS/c1-3-5-6-7-8-9-13-19-16-11-10-12-17(20-4-2)15(16)14-18/h10-12H,3-9,13H2,1-2H3. The number of thioether (sulfide) groups is 1. The van der Waals surface area contributed by atoms with Gasteiger partial charge in [-0.2, -0.15) is 5.26 Å². The zero-order chi connectivity index (χ0) is 14.6. The lowest BCUT2D eigenvalue weighted by atomic mass is 10.1. The second-order valence-corrected chi connectivity index (χ2v) is 6.10. The van der Waals surface area contributed by atoms with Gasteiger partial charge in [-0.3, -0.25) is 0 Å². The van der Waals surface area contributed by atoms with E-state index in [1.54, 1.807) is 11.8 Å². The van der Waals surface area contributed by atoms with Crippen LogP contribution < -0.4 is 4.74 Å². The van der Waals surface area contributed by atoms with Crippen LogP contribution in [0.15, 0.2) is 23.1 Å². The maximum absolute atomic E-state index is 9.28. The van der Waals surface area contributed by atoms with Crippen LogP contribution in [0, 0.1) is 11.3 Å². The topological polar surface area (TPSA) is 33.0 Å². The number of nitriles is 1. The van der Waals surface area contributed by atoms with Crippen LogP contribution in [0.5, 0.6) is 5.75 Å². The van der Waals surface area contributed by atoms with Gasteiger partial charge in [-0.05, 0) is 24.3 Å². The smallest absolute Gasteiger partial charge is 0.138 e. The van der Waals surface area contributed by atoms with E-state index in [9.17, 15) is 5.26 Å². The normalized spacial score (nSPS) is 10.2. The minimum Gasteiger partial charge on any atom is -0.492 e. The number of ether oxygens (including phenoxy) is 1. The summed E-state index contributed by atoms with van der Waals surface area (Å²) < 4.78 is 5.79. The molecule has 0 spiro atoms. The van der Waals surface area contributed by atoms with Gasteiger partial charge in [-0.1, -0.05) is 52.0 Å². The van der Waals surface area contributed by atoms with Gasteiger partial charge in [0.2, 0.25) is 0 Å². The van der Waals surface area contributed by atoms with Crippen molar-refractivity contribution >= 4 is 11.8 Å². The van der Waals surface area contributed by atoms with E-state index in [4.69, 9.17) is 4.74 Å². The molecule has 0 amide bonds. The Bertz CT molecular complexity index is 425. The minimum atomic E-state index is 0.685. The average molecular weight is 291 g/mol. The maximum Gasteiger partial charge on any atom is 0.138 e. The molecule has 0 aromatic heterocycles. The number of hydrogen-bond acceptors (Lipinski definition) is 3. The van der Waals surface area contributed by atoms with Crippen molar-refractivity contribution < 1.29 is 4.74 Å². The van der Waals surface area contributed by atoms with Crippen LogP contribution in [-0.4, -0.2) is 12.4 Å². The van der Waals surface area contributed by atoms with Gasteiger partial charge in [0, 0.05) is 4.90 Å². The van der Waals surface area contributed by atoms with Gasteiger partial charge in [0.15, 0.2) is 0 Å². The molecule has 1 aromatic carbocycles. The molecule has 0 unspecified atom stereocenters. The molecule has 0 aliphatic heterocycles. The van der Waals surface area contributed by atoms with E-state index in [0.29, 0.717) is 12.2 Å². The van der Waals surface area contributed by atoms with Gasteiger partial charge in [0.05, 0.1) is 6.61 Å². The molecule has 0 aliphatic carbocycles. The van der Waals surface area contributed by atoms with Crippen LogP contribution >= 0.6 is 11.8 Å². The fourth-order valence-corrected chi connectivity index (χ4v) is 2.86. The number of hydrogen-bond donors (Lipinski definition) is 0. The van der Waals surface area contributed by atoms with Crippen LogP contribution in [0.2, 0.25) is 0 Å². The summed E-state index contributed by atoms with van der Waals surface area (Å²) in [6.45, 7) is 5.03. The van der Waals surface area contributed by atoms with Crippen molar-refractivity contribution in [1.82, 2.24) is 0 Å². The summed E-state index contributed by atoms with van der Waals surface area (Å²) in [6.07, 6.45) is 7.50. The van der Waals surface area contributed by atoms with Crippen molar-refractivity contribution in [2.75, 3.05) is 12.4 Å². The second kappa shape index (κ2) is 10.6. The zero-order valence-electron chi connectivity index (χ0n) is 12.7. The lowest BCUT2D eigenvalue weighted by Crippen LogP contribution is -2.00. The quantitative estimate of drug-likeness (QED) is 0.427. The van der Waals surface area contributed by atoms with Crippen molar-refractivity contribution in [1.29, 1.82) is 5.26 Å². The van der Waals surface area contributed by atoms with E-state index in [1.165, 1.54) is 32.1 Å². The molecule has 2 nitrogen and oxygen atoms in total. The highest BCUT2D eigenvalue weighted by molar-refractivity contribution is 7.99. The first-order valence-electron chi connectivity index (χ1n) is 7.62. The number of unbranched alkanes of at least 4 members (excludes halogenated alkanes) is 5. The molecular weight excluding hydrogens is 266 g/mol. The molecule has 0 saturated carbocycles. The van der Waals surface area contributed by atoms with Gasteiger partial charge in [0.1, 0.15) is 17.4 Å². The Morgan fingerprint density at radius 1 is 1.10 bits per heavy atom. The molecule has 1 rings (SSSR count). The third-order valence-corrected chi connectivity index (χ3v) is 4.09. The van der Waals surface area contributed by atoms with Gasteiger partial charge >= 0.3 is 0 Å². The predicted octanol–water partition coefficient (Wildman–Crippen LogP) is 5.41. The van der Waals surface area contributed by atoms with E-state index >= 15 is 0 Å². The highest BCUT2D eigenvalue weighted by Gasteiger charge is 2.08. The maximum atomic E-state index is 9.28. The Hall–Kier alpha value is -1.14. The van der Waals surface area contributed by atoms with Crippen LogP contribution in [0.4, 0.5) is 0 Å². The monoisotopic (exact) mass is 291 g/mol. The lowest BCUT2D eigenvalue weighted by Gasteiger charge is -2.10. The summed E-state index contributed by atoms with van der Waals surface area (Å²) in [5.41, 5.74) is 0.685. The molecule has 3 heteroatoms. The largest absolute Gasteiger partial charge is 0.492 e. The second-order valence-electron chi connectivity index (χ2n) is 4.79. The Morgan fingerprint density at radius 3 is 2.55 bits per heavy atom. The van der Waals surface area contributed by atoms with E-state index in [2.05, 4.69) is 19.9 Å². The molecule has 0 bridgehead atoms. The third-order valence-electron chi connectivity index (χ3n) is 3.16. The summed E-state index contributed by atoms with van der Waals surface area (Å²) in [6, 6.07) is 8.13. The van der Waals surface area contributed by atoms with Crippen LogP contribution in [0.3, 0.4) is 0 Å². The highest BCUT2D eigenvalue weighted by atomic mass is 32.2. The molecule has 20 heavy (non-hydrogen) atoms. The molecule has 0 atom stereocenters. The molecule has 0 radical (unpaired) electrons. The summed E-state index contributed by atoms with van der Waals surface area (Å²) in [5.74, 6) is 1.70. The van der Waals surface area contributed by atoms with Gasteiger partial charge in [0.25, 0.3) is 0 Å². The van der Waals surface area contributed by atoms with E-state index in [-0.39, 0.29) is 0 Å². The number of benzene rings is 1. The average Bonchev–Trinajstić information content (AvgIpc) is 2.47. The van der Waals surface area contributed by atoms with Crippen molar-refractivity contribution in [3.63, 3.8) is 0 Å². The molecule has 0 heterocycles. The first kappa shape index (κ1) is 16.9. The van der Waals surface area contributed by atoms with Crippen LogP contribution in [0.1, 0.15) is 57.9 Å². The molecule has 110 valence electrons. The Kier molecular flexibility index (Phi) is 8.98. The van der Waals surface area contributed by atoms with Crippen LogP contribution in [0.25, 0.3) is 0 Å². The van der Waals surface area contributed by atoms with E-state index in [0.717, 1.165) is 22.8 Å². The van der Waals surface area contributed by atoms with E-state index in [1.807, 2.05) is 18.2 Å². The summed E-state index contributed by atoms with van der Waals surface area (Å²) >= 11 is 1.69. The lowest BCUT2D eigenvalue weighted by molar-refractivity contribution is 0.303. The van der Waals surface area contributed by atoms with Gasteiger partial charge in [-0.25, -0.2) is 0 Å². The van der Waals surface area contributed by atoms with Gasteiger partial charge < -0.3 is 4.74 Å². The predicted molar refractivity (Wildman–Crippen MR) is 86.4 cm³/mol. The number of nitrogens with zero attached hydrogens (tertiary/aromatic N) is 1. The van der Waals surface area contributed by atoms with Crippen molar-refractivity contribution in [3.8, 4) is 11.8 Å². The van der Waals surface area contributed by atoms with Crippen molar-refractivity contribution in [2.24, 2.45) is 0 Å². The fraction of sp³-hybridized carbons (Fsp3) is 0.588. The van der Waals surface area contributed by atoms with Crippen molar-refractivity contribution in [3.05, 3.63) is 23.8 Å². The SMILES string of the molecule is CCCCCCCCOc1cccc(SCC)c1C#N. The molecule has 0 fully saturated rings.